The lowest BCUT2D eigenvalue weighted by Gasteiger charge is -2.06. The summed E-state index contributed by atoms with van der Waals surface area (Å²) in [5.41, 5.74) is 1.83. The molecule has 0 saturated carbocycles. The van der Waals surface area contributed by atoms with Gasteiger partial charge in [0.25, 0.3) is 23.6 Å². The van der Waals surface area contributed by atoms with Gasteiger partial charge < -0.3 is 55.3 Å². The number of imidazole rings is 1. The molecule has 0 radical (unpaired) electrons. The van der Waals surface area contributed by atoms with Gasteiger partial charge in [0.15, 0.2) is 5.82 Å². The van der Waals surface area contributed by atoms with Crippen molar-refractivity contribution in [3.05, 3.63) is 65.9 Å². The van der Waals surface area contributed by atoms with E-state index in [1.165, 1.54) is 45.0 Å². The Morgan fingerprint density at radius 2 is 1.10 bits per heavy atom. The van der Waals surface area contributed by atoms with Crippen LogP contribution >= 0.6 is 0 Å². The normalized spacial score (nSPS) is 10.7. The second-order valence-corrected chi connectivity index (χ2v) is 11.6. The number of aromatic nitrogens is 5. The molecule has 0 bridgehead atoms. The molecule has 0 fully saturated rings. The summed E-state index contributed by atoms with van der Waals surface area (Å²) in [6.45, 7) is 1.48. The van der Waals surface area contributed by atoms with E-state index in [-0.39, 0.29) is 66.5 Å². The summed E-state index contributed by atoms with van der Waals surface area (Å²) in [4.78, 5) is 89.5. The van der Waals surface area contributed by atoms with Crippen LogP contribution in [0.15, 0.2) is 43.0 Å². The monoisotopic (exact) mass is 705 g/mol. The van der Waals surface area contributed by atoms with Gasteiger partial charge >= 0.3 is 5.97 Å². The van der Waals surface area contributed by atoms with Crippen LogP contribution in [0.4, 0.5) is 22.9 Å². The summed E-state index contributed by atoms with van der Waals surface area (Å²) < 4.78 is 6.03. The van der Waals surface area contributed by atoms with E-state index in [1.54, 1.807) is 51.3 Å². The molecule has 6 amide bonds. The fourth-order valence-electron chi connectivity index (χ4n) is 5.01. The number of aryl methyl sites for hydroxylation is 4. The number of hydrogen-bond donors (Lipinski definition) is 7. The molecule has 0 unspecified atom stereocenters. The molecule has 4 heterocycles. The van der Waals surface area contributed by atoms with Gasteiger partial charge in [0, 0.05) is 79.4 Å². The predicted molar refractivity (Wildman–Crippen MR) is 184 cm³/mol. The van der Waals surface area contributed by atoms with E-state index in [2.05, 4.69) is 36.9 Å². The van der Waals surface area contributed by atoms with Crippen LogP contribution in [0.1, 0.15) is 68.3 Å². The Morgan fingerprint density at radius 3 is 1.63 bits per heavy atom. The highest BCUT2D eigenvalue weighted by atomic mass is 16.4. The van der Waals surface area contributed by atoms with Gasteiger partial charge in [-0.3, -0.25) is 33.6 Å². The van der Waals surface area contributed by atoms with Crippen LogP contribution in [0, 0.1) is 0 Å². The van der Waals surface area contributed by atoms with E-state index in [4.69, 9.17) is 5.11 Å². The van der Waals surface area contributed by atoms with Gasteiger partial charge in [0.1, 0.15) is 17.1 Å². The topological polar surface area (TPSA) is 245 Å². The van der Waals surface area contributed by atoms with Crippen molar-refractivity contribution in [3.8, 4) is 0 Å². The Balaban J connectivity index is 1.22. The Labute approximate surface area is 291 Å². The highest BCUT2D eigenvalue weighted by Gasteiger charge is 2.19. The average molecular weight is 706 g/mol. The summed E-state index contributed by atoms with van der Waals surface area (Å²) in [5.74, 6) is -3.32. The maximum Gasteiger partial charge on any atom is 0.305 e. The van der Waals surface area contributed by atoms with Gasteiger partial charge in [-0.2, -0.15) is 0 Å². The third-order valence-corrected chi connectivity index (χ3v) is 7.39. The Hall–Kier alpha value is -6.66. The zero-order valence-corrected chi connectivity index (χ0v) is 28.6. The smallest absolute Gasteiger partial charge is 0.305 e. The van der Waals surface area contributed by atoms with E-state index in [0.29, 0.717) is 23.5 Å². The molecule has 4 aromatic rings. The molecule has 19 nitrogen and oxygen atoms in total. The van der Waals surface area contributed by atoms with Crippen molar-refractivity contribution in [2.75, 3.05) is 34.4 Å². The van der Waals surface area contributed by atoms with E-state index in [9.17, 15) is 33.6 Å². The number of carbonyl (C=O) groups is 7. The molecule has 19 heteroatoms. The summed E-state index contributed by atoms with van der Waals surface area (Å²) in [7, 11) is 6.50. The molecule has 4 aromatic heterocycles. The van der Waals surface area contributed by atoms with Crippen molar-refractivity contribution in [2.45, 2.75) is 26.2 Å². The maximum atomic E-state index is 13.0. The van der Waals surface area contributed by atoms with Crippen LogP contribution in [0.25, 0.3) is 0 Å². The van der Waals surface area contributed by atoms with Crippen molar-refractivity contribution >= 4 is 64.3 Å². The number of anilines is 4. The van der Waals surface area contributed by atoms with E-state index in [0.717, 1.165) is 0 Å². The van der Waals surface area contributed by atoms with Gasteiger partial charge in [-0.15, -0.1) is 0 Å². The van der Waals surface area contributed by atoms with Gasteiger partial charge in [0.05, 0.1) is 23.5 Å². The molecule has 0 saturated heterocycles. The minimum absolute atomic E-state index is 0.0379. The number of aliphatic carboxylic acids is 1. The zero-order chi connectivity index (χ0) is 37.4. The molecule has 0 aromatic carbocycles. The van der Waals surface area contributed by atoms with Gasteiger partial charge in [0.2, 0.25) is 17.6 Å². The van der Waals surface area contributed by atoms with E-state index < -0.39 is 29.6 Å². The van der Waals surface area contributed by atoms with Crippen molar-refractivity contribution in [1.29, 1.82) is 0 Å². The molecule has 0 aliphatic carbocycles. The highest BCUT2D eigenvalue weighted by molar-refractivity contribution is 6.06. The standard InChI is InChI=1S/C32H39N11O8/c1-18(44)35-25-17-43(5)28(39-25)32(51)38-21-13-22(41(3)16-21)29(48)33-9-6-7-26(45)36-19-11-24(42(4)14-19)31(50)37-20-12-23(40(2)15-20)30(49)34-10-8-27(46)47/h11-17H,6-10H2,1-5H3,(H,33,48)(H,34,49)(H,35,44)(H,36,45)(H,37,50)(H,38,51)(H,46,47). The quantitative estimate of drug-likeness (QED) is 0.0879. The van der Waals surface area contributed by atoms with Crippen LogP contribution in [-0.2, 0) is 42.6 Å². The Morgan fingerprint density at radius 1 is 0.608 bits per heavy atom. The average Bonchev–Trinajstić information content (AvgIpc) is 3.79. The van der Waals surface area contributed by atoms with Gasteiger partial charge in [-0.1, -0.05) is 0 Å². The fraction of sp³-hybridized carbons (Fsp3) is 0.312. The predicted octanol–water partition coefficient (Wildman–Crippen LogP) is 1.25. The minimum Gasteiger partial charge on any atom is -0.481 e. The third-order valence-electron chi connectivity index (χ3n) is 7.39. The maximum absolute atomic E-state index is 13.0. The summed E-state index contributed by atoms with van der Waals surface area (Å²) >= 11 is 0. The van der Waals surface area contributed by atoms with Crippen LogP contribution in [0.3, 0.4) is 0 Å². The lowest BCUT2D eigenvalue weighted by molar-refractivity contribution is -0.136. The molecule has 4 rings (SSSR count). The number of hydrogen-bond acceptors (Lipinski definition) is 8. The largest absolute Gasteiger partial charge is 0.481 e. The molecule has 0 spiro atoms. The van der Waals surface area contributed by atoms with E-state index in [1.807, 2.05) is 0 Å². The molecule has 0 aliphatic heterocycles. The van der Waals surface area contributed by atoms with Gasteiger partial charge in [-0.05, 0) is 24.6 Å². The Bertz CT molecular complexity index is 2000. The lowest BCUT2D eigenvalue weighted by Crippen LogP contribution is -2.27. The first-order valence-corrected chi connectivity index (χ1v) is 15.6. The van der Waals surface area contributed by atoms with Crippen molar-refractivity contribution in [3.63, 3.8) is 0 Å². The molecule has 270 valence electrons. The number of carboxylic acid groups (broad SMARTS) is 1. The number of nitrogens with one attached hydrogen (secondary N) is 6. The molecular formula is C32H39N11O8. The summed E-state index contributed by atoms with van der Waals surface area (Å²) in [5, 5.41) is 24.6. The number of carbonyl (C=O) groups excluding carboxylic acids is 6. The van der Waals surface area contributed by atoms with E-state index >= 15 is 0 Å². The van der Waals surface area contributed by atoms with Crippen molar-refractivity contribution < 1.29 is 38.7 Å². The van der Waals surface area contributed by atoms with Gasteiger partial charge in [-0.25, -0.2) is 4.98 Å². The summed E-state index contributed by atoms with van der Waals surface area (Å²) in [6.07, 6.45) is 6.36. The molecule has 0 atom stereocenters. The zero-order valence-electron chi connectivity index (χ0n) is 28.6. The second kappa shape index (κ2) is 16.2. The third kappa shape index (κ3) is 9.94. The molecule has 7 N–H and O–H groups in total. The van der Waals surface area contributed by atoms with Crippen molar-refractivity contribution in [2.24, 2.45) is 28.2 Å². The second-order valence-electron chi connectivity index (χ2n) is 11.6. The number of nitrogens with zero attached hydrogens (tertiary/aromatic N) is 5. The molecule has 51 heavy (non-hydrogen) atoms. The number of amides is 6. The van der Waals surface area contributed by atoms with Crippen LogP contribution in [-0.4, -0.2) is 82.9 Å². The lowest BCUT2D eigenvalue weighted by atomic mass is 10.2. The molecule has 0 aliphatic rings. The first-order chi connectivity index (χ1) is 24.1. The minimum atomic E-state index is -1.04. The fourth-order valence-corrected chi connectivity index (χ4v) is 5.01. The number of rotatable bonds is 15. The van der Waals surface area contributed by atoms with Crippen LogP contribution < -0.4 is 31.9 Å². The highest BCUT2D eigenvalue weighted by Crippen LogP contribution is 2.19. The number of carboxylic acids is 1. The van der Waals surface area contributed by atoms with Crippen LogP contribution in [0.5, 0.6) is 0 Å². The molecular weight excluding hydrogens is 666 g/mol. The van der Waals surface area contributed by atoms with Crippen LogP contribution in [0.2, 0.25) is 0 Å². The SMILES string of the molecule is CC(=O)Nc1cn(C)c(C(=O)Nc2cc(C(=O)NCCCC(=O)Nc3cc(C(=O)Nc4cc(C(=O)NCCC(=O)O)n(C)c4)n(C)c3)n(C)c2)n1. The Kier molecular flexibility index (Phi) is 11.8. The first-order valence-electron chi connectivity index (χ1n) is 15.6. The first kappa shape index (κ1) is 37.2. The summed E-state index contributed by atoms with van der Waals surface area (Å²) in [6, 6.07) is 4.46. The van der Waals surface area contributed by atoms with Crippen molar-refractivity contribution in [1.82, 2.24) is 33.9 Å².